The quantitative estimate of drug-likeness (QED) is 0.486. The van der Waals surface area contributed by atoms with E-state index in [1.807, 2.05) is 20.8 Å². The van der Waals surface area contributed by atoms with Gasteiger partial charge < -0.3 is 11.9 Å². The first-order chi connectivity index (χ1) is 7.05. The first kappa shape index (κ1) is 18.8. The molecule has 2 atom stereocenters. The molecular weight excluding hydrogens is 213 g/mol. The van der Waals surface area contributed by atoms with Crippen LogP contribution in [-0.4, -0.2) is 18.6 Å². The van der Waals surface area contributed by atoms with Gasteiger partial charge in [-0.3, -0.25) is 4.79 Å². The number of rotatable bonds is 7. The number of esters is 1. The Hall–Kier alpha value is 0.430. The predicted octanol–water partition coefficient (Wildman–Crippen LogP) is -0.400. The van der Waals surface area contributed by atoms with E-state index >= 15 is 0 Å². The van der Waals surface area contributed by atoms with Crippen molar-refractivity contribution in [1.29, 1.82) is 0 Å². The van der Waals surface area contributed by atoms with Crippen molar-refractivity contribution in [3.8, 4) is 0 Å². The third kappa shape index (κ3) is 4.74. The first-order valence-electron chi connectivity index (χ1n) is 5.97. The van der Waals surface area contributed by atoms with Gasteiger partial charge in [0, 0.05) is 6.04 Å². The predicted molar refractivity (Wildman–Crippen MR) is 63.6 cm³/mol. The summed E-state index contributed by atoms with van der Waals surface area (Å²) in [5.41, 5.74) is 5.47. The summed E-state index contributed by atoms with van der Waals surface area (Å²) in [7, 11) is 0. The Kier molecular flexibility index (Phi) is 11.1. The molecule has 0 aliphatic carbocycles. The molecule has 0 saturated carbocycles. The van der Waals surface area contributed by atoms with E-state index < -0.39 is 5.41 Å². The number of hydrogen-bond acceptors (Lipinski definition) is 3. The van der Waals surface area contributed by atoms with Crippen LogP contribution in [0.5, 0.6) is 0 Å². The van der Waals surface area contributed by atoms with Gasteiger partial charge in [0.05, 0.1) is 12.0 Å². The fourth-order valence-electron chi connectivity index (χ4n) is 1.93. The molecular formula is C12H26NNaO2. The van der Waals surface area contributed by atoms with Crippen LogP contribution in [0.2, 0.25) is 0 Å². The van der Waals surface area contributed by atoms with Crippen molar-refractivity contribution in [2.24, 2.45) is 11.1 Å². The monoisotopic (exact) mass is 239 g/mol. The fraction of sp³-hybridized carbons (Fsp3) is 0.917. The third-order valence-electron chi connectivity index (χ3n) is 3.16. The van der Waals surface area contributed by atoms with Crippen LogP contribution >= 0.6 is 0 Å². The van der Waals surface area contributed by atoms with Crippen LogP contribution in [0, 0.1) is 5.41 Å². The Morgan fingerprint density at radius 3 is 2.31 bits per heavy atom. The van der Waals surface area contributed by atoms with Crippen LogP contribution in [0.1, 0.15) is 54.8 Å². The molecule has 2 unspecified atom stereocenters. The van der Waals surface area contributed by atoms with E-state index in [1.165, 1.54) is 0 Å². The van der Waals surface area contributed by atoms with Gasteiger partial charge in [-0.25, -0.2) is 0 Å². The van der Waals surface area contributed by atoms with E-state index in [4.69, 9.17) is 10.5 Å². The summed E-state index contributed by atoms with van der Waals surface area (Å²) in [5.74, 6) is -0.129. The molecule has 2 N–H and O–H groups in total. The molecule has 0 heterocycles. The van der Waals surface area contributed by atoms with Crippen molar-refractivity contribution in [2.45, 2.75) is 59.4 Å². The minimum Gasteiger partial charge on any atom is -1.00 e. The summed E-state index contributed by atoms with van der Waals surface area (Å²) < 4.78 is 5.14. The van der Waals surface area contributed by atoms with Crippen molar-refractivity contribution in [3.05, 3.63) is 0 Å². The second-order valence-electron chi connectivity index (χ2n) is 4.12. The maximum atomic E-state index is 11.9. The molecule has 0 saturated heterocycles. The van der Waals surface area contributed by atoms with Gasteiger partial charge in [0.1, 0.15) is 0 Å². The minimum absolute atomic E-state index is 0. The van der Waals surface area contributed by atoms with Crippen molar-refractivity contribution in [3.63, 3.8) is 0 Å². The SMILES string of the molecule is CCCCC(CC)(C(=O)OCC)C(C)N.[H-].[Na+]. The number of nitrogens with two attached hydrogens (primary N) is 1. The second-order valence-corrected chi connectivity index (χ2v) is 4.12. The maximum absolute atomic E-state index is 11.9. The van der Waals surface area contributed by atoms with Gasteiger partial charge in [-0.05, 0) is 26.7 Å². The summed E-state index contributed by atoms with van der Waals surface area (Å²) in [6, 6.07) is -0.145. The molecule has 3 nitrogen and oxygen atoms in total. The maximum Gasteiger partial charge on any atom is 1.00 e. The van der Waals surface area contributed by atoms with Gasteiger partial charge in [-0.15, -0.1) is 0 Å². The van der Waals surface area contributed by atoms with Gasteiger partial charge in [0.15, 0.2) is 0 Å². The van der Waals surface area contributed by atoms with Crippen molar-refractivity contribution >= 4 is 5.97 Å². The molecule has 0 aromatic carbocycles. The van der Waals surface area contributed by atoms with Gasteiger partial charge in [-0.1, -0.05) is 26.7 Å². The fourth-order valence-corrected chi connectivity index (χ4v) is 1.93. The first-order valence-corrected chi connectivity index (χ1v) is 5.97. The summed E-state index contributed by atoms with van der Waals surface area (Å²) >= 11 is 0. The number of carbonyl (C=O) groups excluding carboxylic acids is 1. The zero-order valence-electron chi connectivity index (χ0n) is 12.5. The van der Waals surface area contributed by atoms with Crippen molar-refractivity contribution in [2.75, 3.05) is 6.61 Å². The molecule has 0 aliphatic rings. The van der Waals surface area contributed by atoms with Gasteiger partial charge in [0.25, 0.3) is 0 Å². The van der Waals surface area contributed by atoms with E-state index in [0.29, 0.717) is 6.61 Å². The van der Waals surface area contributed by atoms with Crippen molar-refractivity contribution in [1.82, 2.24) is 0 Å². The topological polar surface area (TPSA) is 52.3 Å². The normalized spacial score (nSPS) is 15.8. The molecule has 0 radical (unpaired) electrons. The van der Waals surface area contributed by atoms with Crippen LogP contribution in [0.4, 0.5) is 0 Å². The van der Waals surface area contributed by atoms with Crippen molar-refractivity contribution < 1.29 is 40.5 Å². The van der Waals surface area contributed by atoms with E-state index in [9.17, 15) is 4.79 Å². The van der Waals surface area contributed by atoms with Crippen LogP contribution in [0.15, 0.2) is 0 Å². The number of ether oxygens (including phenoxy) is 1. The smallest absolute Gasteiger partial charge is 1.00 e. The Morgan fingerprint density at radius 1 is 1.44 bits per heavy atom. The zero-order valence-corrected chi connectivity index (χ0v) is 13.5. The molecule has 0 spiro atoms. The number of hydrogen-bond donors (Lipinski definition) is 1. The summed E-state index contributed by atoms with van der Waals surface area (Å²) in [6.45, 7) is 8.29. The van der Waals surface area contributed by atoms with E-state index in [0.717, 1.165) is 25.7 Å². The third-order valence-corrected chi connectivity index (χ3v) is 3.16. The van der Waals surface area contributed by atoms with E-state index in [1.54, 1.807) is 0 Å². The molecule has 0 aliphatic heterocycles. The van der Waals surface area contributed by atoms with Gasteiger partial charge >= 0.3 is 35.5 Å². The van der Waals surface area contributed by atoms with Crippen LogP contribution in [0.3, 0.4) is 0 Å². The molecule has 92 valence electrons. The minimum atomic E-state index is -0.480. The average molecular weight is 239 g/mol. The number of carbonyl (C=O) groups is 1. The standard InChI is InChI=1S/C12H25NO2.Na.H/c1-5-8-9-12(6-2,10(4)13)11(14)15-7-3;;/h10H,5-9,13H2,1-4H3;;/q;+1;-1. The Morgan fingerprint density at radius 2 is 2.00 bits per heavy atom. The summed E-state index contributed by atoms with van der Waals surface area (Å²) in [4.78, 5) is 11.9. The molecule has 0 aromatic rings. The number of unbranched alkanes of at least 4 members (excludes halogenated alkanes) is 1. The van der Waals surface area contributed by atoms with E-state index in [-0.39, 0.29) is 43.0 Å². The second kappa shape index (κ2) is 9.46. The van der Waals surface area contributed by atoms with Crippen LogP contribution < -0.4 is 35.3 Å². The molecule has 0 bridgehead atoms. The average Bonchev–Trinajstić information content (AvgIpc) is 2.19. The summed E-state index contributed by atoms with van der Waals surface area (Å²) in [5, 5.41) is 0. The molecule has 0 fully saturated rings. The van der Waals surface area contributed by atoms with E-state index in [2.05, 4.69) is 6.92 Å². The summed E-state index contributed by atoms with van der Waals surface area (Å²) in [6.07, 6.45) is 3.68. The molecule has 0 aromatic heterocycles. The Bertz CT molecular complexity index is 203. The Labute approximate surface area is 123 Å². The molecule has 16 heavy (non-hydrogen) atoms. The molecule has 4 heteroatoms. The van der Waals surface area contributed by atoms with Gasteiger partial charge in [0.2, 0.25) is 0 Å². The molecule has 0 amide bonds. The van der Waals surface area contributed by atoms with Crippen LogP contribution in [0.25, 0.3) is 0 Å². The zero-order chi connectivity index (χ0) is 11.9. The van der Waals surface area contributed by atoms with Gasteiger partial charge in [-0.2, -0.15) is 0 Å². The Balaban J connectivity index is -0.000000980. The van der Waals surface area contributed by atoms with Crippen LogP contribution in [-0.2, 0) is 9.53 Å². The largest absolute Gasteiger partial charge is 1.00 e. The molecule has 0 rings (SSSR count).